The van der Waals surface area contributed by atoms with Crippen molar-refractivity contribution in [3.8, 4) is 0 Å². The van der Waals surface area contributed by atoms with E-state index in [1.165, 1.54) is 37.8 Å². The van der Waals surface area contributed by atoms with Crippen LogP contribution in [0.4, 0.5) is 4.39 Å². The SMILES string of the molecule is CC1CCC(NCc2cc(F)ccc2Cl)CC1. The summed E-state index contributed by atoms with van der Waals surface area (Å²) in [4.78, 5) is 0. The summed E-state index contributed by atoms with van der Waals surface area (Å²) in [6, 6.07) is 5.09. The zero-order valence-electron chi connectivity index (χ0n) is 10.2. The highest BCUT2D eigenvalue weighted by atomic mass is 35.5. The lowest BCUT2D eigenvalue weighted by Gasteiger charge is -2.27. The number of rotatable bonds is 3. The van der Waals surface area contributed by atoms with E-state index in [4.69, 9.17) is 11.6 Å². The average molecular weight is 256 g/mol. The van der Waals surface area contributed by atoms with Crippen LogP contribution in [0.25, 0.3) is 0 Å². The average Bonchev–Trinajstić information content (AvgIpc) is 2.32. The first kappa shape index (κ1) is 12.8. The van der Waals surface area contributed by atoms with Crippen LogP contribution in [-0.2, 0) is 6.54 Å². The molecule has 0 heterocycles. The second-order valence-electron chi connectivity index (χ2n) is 5.07. The van der Waals surface area contributed by atoms with Crippen LogP contribution in [0.2, 0.25) is 5.02 Å². The zero-order chi connectivity index (χ0) is 12.3. The fraction of sp³-hybridized carbons (Fsp3) is 0.571. The lowest BCUT2D eigenvalue weighted by atomic mass is 9.87. The van der Waals surface area contributed by atoms with Gasteiger partial charge in [-0.1, -0.05) is 18.5 Å². The van der Waals surface area contributed by atoms with Gasteiger partial charge in [0.15, 0.2) is 0 Å². The highest BCUT2D eigenvalue weighted by Gasteiger charge is 2.17. The molecule has 0 atom stereocenters. The summed E-state index contributed by atoms with van der Waals surface area (Å²) in [6.45, 7) is 2.97. The molecule has 94 valence electrons. The summed E-state index contributed by atoms with van der Waals surface area (Å²) in [5.41, 5.74) is 0.852. The quantitative estimate of drug-likeness (QED) is 0.856. The zero-order valence-corrected chi connectivity index (χ0v) is 10.9. The largest absolute Gasteiger partial charge is 0.310 e. The van der Waals surface area contributed by atoms with Crippen molar-refractivity contribution in [1.82, 2.24) is 5.32 Å². The first-order chi connectivity index (χ1) is 8.15. The van der Waals surface area contributed by atoms with Gasteiger partial charge in [-0.3, -0.25) is 0 Å². The molecule has 2 rings (SSSR count). The van der Waals surface area contributed by atoms with Crippen molar-refractivity contribution in [3.05, 3.63) is 34.6 Å². The van der Waals surface area contributed by atoms with Gasteiger partial charge in [0.1, 0.15) is 5.82 Å². The lowest BCUT2D eigenvalue weighted by Crippen LogP contribution is -2.32. The summed E-state index contributed by atoms with van der Waals surface area (Å²) in [7, 11) is 0. The highest BCUT2D eigenvalue weighted by Crippen LogP contribution is 2.24. The monoisotopic (exact) mass is 255 g/mol. The molecule has 1 fully saturated rings. The topological polar surface area (TPSA) is 12.0 Å². The maximum Gasteiger partial charge on any atom is 0.123 e. The Morgan fingerprint density at radius 1 is 1.29 bits per heavy atom. The Balaban J connectivity index is 1.87. The molecule has 1 aliphatic carbocycles. The Hall–Kier alpha value is -0.600. The molecule has 0 amide bonds. The summed E-state index contributed by atoms with van der Waals surface area (Å²) >= 11 is 6.03. The first-order valence-corrected chi connectivity index (χ1v) is 6.70. The van der Waals surface area contributed by atoms with Crippen molar-refractivity contribution in [1.29, 1.82) is 0 Å². The first-order valence-electron chi connectivity index (χ1n) is 6.32. The lowest BCUT2D eigenvalue weighted by molar-refractivity contribution is 0.306. The number of hydrogen-bond donors (Lipinski definition) is 1. The minimum absolute atomic E-state index is 0.219. The van der Waals surface area contributed by atoms with E-state index < -0.39 is 0 Å². The van der Waals surface area contributed by atoms with Gasteiger partial charge in [0.2, 0.25) is 0 Å². The van der Waals surface area contributed by atoms with E-state index in [1.807, 2.05) is 0 Å². The molecular formula is C14H19ClFN. The Labute approximate surface area is 107 Å². The molecule has 0 aliphatic heterocycles. The van der Waals surface area contributed by atoms with Gasteiger partial charge in [-0.15, -0.1) is 0 Å². The fourth-order valence-electron chi connectivity index (χ4n) is 2.40. The van der Waals surface area contributed by atoms with Crippen molar-refractivity contribution in [3.63, 3.8) is 0 Å². The summed E-state index contributed by atoms with van der Waals surface area (Å²) < 4.78 is 13.1. The van der Waals surface area contributed by atoms with E-state index in [9.17, 15) is 4.39 Å². The van der Waals surface area contributed by atoms with E-state index in [-0.39, 0.29) is 5.82 Å². The molecule has 1 saturated carbocycles. The van der Waals surface area contributed by atoms with E-state index in [2.05, 4.69) is 12.2 Å². The molecule has 1 aromatic carbocycles. The van der Waals surface area contributed by atoms with Crippen LogP contribution < -0.4 is 5.32 Å². The minimum Gasteiger partial charge on any atom is -0.310 e. The van der Waals surface area contributed by atoms with Crippen LogP contribution >= 0.6 is 11.6 Å². The van der Waals surface area contributed by atoms with Crippen LogP contribution in [0.15, 0.2) is 18.2 Å². The predicted octanol–water partition coefficient (Wildman–Crippen LogP) is 4.15. The molecule has 3 heteroatoms. The van der Waals surface area contributed by atoms with E-state index >= 15 is 0 Å². The smallest absolute Gasteiger partial charge is 0.123 e. The van der Waals surface area contributed by atoms with Gasteiger partial charge in [-0.25, -0.2) is 4.39 Å². The second-order valence-corrected chi connectivity index (χ2v) is 5.48. The Morgan fingerprint density at radius 2 is 2.00 bits per heavy atom. The van der Waals surface area contributed by atoms with Crippen LogP contribution in [-0.4, -0.2) is 6.04 Å². The number of nitrogens with one attached hydrogen (secondary N) is 1. The van der Waals surface area contributed by atoms with Gasteiger partial charge >= 0.3 is 0 Å². The minimum atomic E-state index is -0.219. The molecule has 0 radical (unpaired) electrons. The number of benzene rings is 1. The van der Waals surface area contributed by atoms with Gasteiger partial charge in [-0.05, 0) is 55.4 Å². The van der Waals surface area contributed by atoms with Crippen molar-refractivity contribution in [2.24, 2.45) is 5.92 Å². The molecule has 0 saturated heterocycles. The summed E-state index contributed by atoms with van der Waals surface area (Å²) in [5.74, 6) is 0.634. The molecule has 1 aromatic rings. The van der Waals surface area contributed by atoms with E-state index in [0.717, 1.165) is 11.5 Å². The third-order valence-electron chi connectivity index (χ3n) is 3.60. The van der Waals surface area contributed by atoms with E-state index in [1.54, 1.807) is 6.07 Å². The fourth-order valence-corrected chi connectivity index (χ4v) is 2.58. The molecule has 0 unspecified atom stereocenters. The van der Waals surface area contributed by atoms with Crippen molar-refractivity contribution in [2.75, 3.05) is 0 Å². The van der Waals surface area contributed by atoms with Crippen LogP contribution in [0, 0.1) is 11.7 Å². The van der Waals surface area contributed by atoms with Crippen LogP contribution in [0.3, 0.4) is 0 Å². The van der Waals surface area contributed by atoms with Gasteiger partial charge in [0.25, 0.3) is 0 Å². The maximum atomic E-state index is 13.1. The van der Waals surface area contributed by atoms with Crippen molar-refractivity contribution < 1.29 is 4.39 Å². The Bertz CT molecular complexity index is 372. The van der Waals surface area contributed by atoms with Crippen molar-refractivity contribution in [2.45, 2.75) is 45.2 Å². The standard InChI is InChI=1S/C14H19ClFN/c1-10-2-5-13(6-3-10)17-9-11-8-12(16)4-7-14(11)15/h4,7-8,10,13,17H,2-3,5-6,9H2,1H3. The maximum absolute atomic E-state index is 13.1. The van der Waals surface area contributed by atoms with E-state index in [0.29, 0.717) is 17.6 Å². The van der Waals surface area contributed by atoms with Gasteiger partial charge in [0, 0.05) is 17.6 Å². The Morgan fingerprint density at radius 3 is 2.71 bits per heavy atom. The molecular weight excluding hydrogens is 237 g/mol. The van der Waals surface area contributed by atoms with Crippen LogP contribution in [0.1, 0.15) is 38.2 Å². The molecule has 1 aliphatic rings. The highest BCUT2D eigenvalue weighted by molar-refractivity contribution is 6.31. The van der Waals surface area contributed by atoms with Gasteiger partial charge < -0.3 is 5.32 Å². The third-order valence-corrected chi connectivity index (χ3v) is 3.97. The summed E-state index contributed by atoms with van der Waals surface area (Å²) in [6.07, 6.45) is 5.01. The van der Waals surface area contributed by atoms with Crippen molar-refractivity contribution >= 4 is 11.6 Å². The Kier molecular flexibility index (Phi) is 4.41. The third kappa shape index (κ3) is 3.68. The number of hydrogen-bond acceptors (Lipinski definition) is 1. The molecule has 0 bridgehead atoms. The van der Waals surface area contributed by atoms with Gasteiger partial charge in [-0.2, -0.15) is 0 Å². The molecule has 1 N–H and O–H groups in total. The van der Waals surface area contributed by atoms with Gasteiger partial charge in [0.05, 0.1) is 0 Å². The summed E-state index contributed by atoms with van der Waals surface area (Å²) in [5, 5.41) is 4.12. The predicted molar refractivity (Wildman–Crippen MR) is 69.7 cm³/mol. The molecule has 17 heavy (non-hydrogen) atoms. The normalized spacial score (nSPS) is 24.9. The second kappa shape index (κ2) is 5.83. The molecule has 0 aromatic heterocycles. The number of halogens is 2. The van der Waals surface area contributed by atoms with Crippen LogP contribution in [0.5, 0.6) is 0 Å². The molecule has 0 spiro atoms. The molecule has 1 nitrogen and oxygen atoms in total.